The summed E-state index contributed by atoms with van der Waals surface area (Å²) in [7, 11) is 1.93. The van der Waals surface area contributed by atoms with Crippen molar-refractivity contribution in [3.63, 3.8) is 0 Å². The molecule has 3 rings (SSSR count). The maximum absolute atomic E-state index is 4.31. The average molecular weight is 232 g/mol. The largest absolute Gasteiger partial charge is 0.295 e. The average Bonchev–Trinajstić information content (AvgIpc) is 3.02. The number of likely N-dealkylation sites (tertiary alicyclic amines) is 1. The lowest BCUT2D eigenvalue weighted by Crippen LogP contribution is -2.22. The third-order valence-electron chi connectivity index (χ3n) is 3.34. The van der Waals surface area contributed by atoms with Gasteiger partial charge in [0.1, 0.15) is 0 Å². The van der Waals surface area contributed by atoms with Crippen LogP contribution < -0.4 is 0 Å². The lowest BCUT2D eigenvalue weighted by Gasteiger charge is -2.15. The molecule has 2 aromatic rings. The standard InChI is InChI=1S/C11H16N6/c1-15-11(7-12-14-15)9-16-6-3-10(8-16)17-5-2-4-13-17/h2,4-5,7,10H,3,6,8-9H2,1H3/t10-/m0/s1. The molecule has 90 valence electrons. The van der Waals surface area contributed by atoms with Crippen molar-refractivity contribution in [3.05, 3.63) is 30.4 Å². The van der Waals surface area contributed by atoms with Crippen molar-refractivity contribution in [3.8, 4) is 0 Å². The van der Waals surface area contributed by atoms with Gasteiger partial charge in [0.25, 0.3) is 0 Å². The molecule has 1 aliphatic rings. The Kier molecular flexibility index (Phi) is 2.64. The maximum atomic E-state index is 4.31. The summed E-state index contributed by atoms with van der Waals surface area (Å²) in [6.07, 6.45) is 6.88. The van der Waals surface area contributed by atoms with Crippen LogP contribution in [0.3, 0.4) is 0 Å². The number of rotatable bonds is 3. The second-order valence-electron chi connectivity index (χ2n) is 4.51. The smallest absolute Gasteiger partial charge is 0.0738 e. The first-order valence-electron chi connectivity index (χ1n) is 5.88. The molecular formula is C11H16N6. The normalized spacial score (nSPS) is 21.1. The fraction of sp³-hybridized carbons (Fsp3) is 0.545. The molecule has 6 nitrogen and oxygen atoms in total. The highest BCUT2D eigenvalue weighted by Crippen LogP contribution is 2.21. The Hall–Kier alpha value is -1.69. The lowest BCUT2D eigenvalue weighted by molar-refractivity contribution is 0.303. The summed E-state index contributed by atoms with van der Waals surface area (Å²) in [5.41, 5.74) is 1.16. The van der Waals surface area contributed by atoms with Crippen LogP contribution in [0.1, 0.15) is 18.2 Å². The summed E-state index contributed by atoms with van der Waals surface area (Å²) < 4.78 is 3.89. The summed E-state index contributed by atoms with van der Waals surface area (Å²) in [6.45, 7) is 3.07. The van der Waals surface area contributed by atoms with Gasteiger partial charge in [-0.25, -0.2) is 0 Å². The van der Waals surface area contributed by atoms with E-state index >= 15 is 0 Å². The van der Waals surface area contributed by atoms with Gasteiger partial charge in [0.15, 0.2) is 0 Å². The third kappa shape index (κ3) is 2.08. The van der Waals surface area contributed by atoms with E-state index in [1.165, 1.54) is 0 Å². The van der Waals surface area contributed by atoms with E-state index in [2.05, 4.69) is 25.0 Å². The number of hydrogen-bond donors (Lipinski definition) is 0. The van der Waals surface area contributed by atoms with E-state index in [9.17, 15) is 0 Å². The molecule has 0 N–H and O–H groups in total. The first-order valence-corrected chi connectivity index (χ1v) is 5.88. The molecule has 1 atom stereocenters. The number of nitrogens with zero attached hydrogens (tertiary/aromatic N) is 6. The van der Waals surface area contributed by atoms with Gasteiger partial charge in [-0.15, -0.1) is 5.10 Å². The van der Waals surface area contributed by atoms with Crippen molar-refractivity contribution >= 4 is 0 Å². The topological polar surface area (TPSA) is 51.8 Å². The van der Waals surface area contributed by atoms with Crippen LogP contribution >= 0.6 is 0 Å². The second kappa shape index (κ2) is 4.29. The highest BCUT2D eigenvalue weighted by atomic mass is 15.4. The molecule has 17 heavy (non-hydrogen) atoms. The van der Waals surface area contributed by atoms with Gasteiger partial charge in [-0.2, -0.15) is 5.10 Å². The summed E-state index contributed by atoms with van der Waals surface area (Å²) in [6, 6.07) is 2.49. The summed E-state index contributed by atoms with van der Waals surface area (Å²) in [4.78, 5) is 2.42. The van der Waals surface area contributed by atoms with Gasteiger partial charge in [-0.3, -0.25) is 14.3 Å². The minimum absolute atomic E-state index is 0.506. The van der Waals surface area contributed by atoms with E-state index in [0.29, 0.717) is 6.04 Å². The van der Waals surface area contributed by atoms with Crippen LogP contribution in [0, 0.1) is 0 Å². The first kappa shape index (κ1) is 10.5. The zero-order valence-corrected chi connectivity index (χ0v) is 9.90. The molecule has 2 aromatic heterocycles. The minimum Gasteiger partial charge on any atom is -0.295 e. The quantitative estimate of drug-likeness (QED) is 0.771. The van der Waals surface area contributed by atoms with Crippen molar-refractivity contribution in [2.45, 2.75) is 19.0 Å². The van der Waals surface area contributed by atoms with Crippen LogP contribution in [0.5, 0.6) is 0 Å². The van der Waals surface area contributed by atoms with E-state index in [-0.39, 0.29) is 0 Å². The molecule has 3 heterocycles. The Morgan fingerprint density at radius 1 is 1.47 bits per heavy atom. The number of hydrogen-bond acceptors (Lipinski definition) is 4. The Bertz CT molecular complexity index is 474. The molecular weight excluding hydrogens is 216 g/mol. The molecule has 0 bridgehead atoms. The molecule has 1 fully saturated rings. The SMILES string of the molecule is Cn1nncc1CN1CC[C@H](n2cccn2)C1. The van der Waals surface area contributed by atoms with Crippen molar-refractivity contribution in [1.29, 1.82) is 0 Å². The van der Waals surface area contributed by atoms with E-state index < -0.39 is 0 Å². The maximum Gasteiger partial charge on any atom is 0.0738 e. The monoisotopic (exact) mass is 232 g/mol. The Balaban J connectivity index is 1.63. The van der Waals surface area contributed by atoms with Gasteiger partial charge in [-0.1, -0.05) is 5.21 Å². The fourth-order valence-corrected chi connectivity index (χ4v) is 2.35. The van der Waals surface area contributed by atoms with Crippen molar-refractivity contribution in [2.75, 3.05) is 13.1 Å². The molecule has 0 saturated carbocycles. The fourth-order valence-electron chi connectivity index (χ4n) is 2.35. The third-order valence-corrected chi connectivity index (χ3v) is 3.34. The predicted octanol–water partition coefficient (Wildman–Crippen LogP) is 0.459. The van der Waals surface area contributed by atoms with Crippen molar-refractivity contribution in [2.24, 2.45) is 7.05 Å². The van der Waals surface area contributed by atoms with E-state index in [0.717, 1.165) is 31.7 Å². The van der Waals surface area contributed by atoms with E-state index in [1.807, 2.05) is 36.4 Å². The van der Waals surface area contributed by atoms with Gasteiger partial charge in [-0.05, 0) is 12.5 Å². The van der Waals surface area contributed by atoms with Gasteiger partial charge in [0.05, 0.1) is 17.9 Å². The molecule has 0 aliphatic carbocycles. The molecule has 6 heteroatoms. The first-order chi connectivity index (χ1) is 8.33. The molecule has 0 spiro atoms. The molecule has 0 amide bonds. The highest BCUT2D eigenvalue weighted by Gasteiger charge is 2.24. The molecule has 0 radical (unpaired) electrons. The van der Waals surface area contributed by atoms with E-state index in [4.69, 9.17) is 0 Å². The van der Waals surface area contributed by atoms with Gasteiger partial charge in [0, 0.05) is 39.1 Å². The van der Waals surface area contributed by atoms with Crippen LogP contribution in [-0.4, -0.2) is 42.8 Å². The number of aryl methyl sites for hydroxylation is 1. The zero-order chi connectivity index (χ0) is 11.7. The Morgan fingerprint density at radius 2 is 2.41 bits per heavy atom. The number of aromatic nitrogens is 5. The van der Waals surface area contributed by atoms with Crippen molar-refractivity contribution < 1.29 is 0 Å². The molecule has 1 saturated heterocycles. The van der Waals surface area contributed by atoms with Crippen LogP contribution in [0.25, 0.3) is 0 Å². The minimum atomic E-state index is 0.506. The van der Waals surface area contributed by atoms with Gasteiger partial charge < -0.3 is 0 Å². The van der Waals surface area contributed by atoms with Crippen LogP contribution in [-0.2, 0) is 13.6 Å². The van der Waals surface area contributed by atoms with Gasteiger partial charge >= 0.3 is 0 Å². The van der Waals surface area contributed by atoms with Gasteiger partial charge in [0.2, 0.25) is 0 Å². The van der Waals surface area contributed by atoms with Crippen LogP contribution in [0.15, 0.2) is 24.7 Å². The van der Waals surface area contributed by atoms with Crippen LogP contribution in [0.4, 0.5) is 0 Å². The molecule has 0 aromatic carbocycles. The zero-order valence-electron chi connectivity index (χ0n) is 9.90. The van der Waals surface area contributed by atoms with Crippen molar-refractivity contribution in [1.82, 2.24) is 29.7 Å². The van der Waals surface area contributed by atoms with Crippen LogP contribution in [0.2, 0.25) is 0 Å². The summed E-state index contributed by atoms with van der Waals surface area (Å²) in [5.74, 6) is 0. The second-order valence-corrected chi connectivity index (χ2v) is 4.51. The van der Waals surface area contributed by atoms with E-state index in [1.54, 1.807) is 0 Å². The molecule has 1 aliphatic heterocycles. The molecule has 0 unspecified atom stereocenters. The highest BCUT2D eigenvalue weighted by molar-refractivity contribution is 4.95. The predicted molar refractivity (Wildman–Crippen MR) is 62.2 cm³/mol. The Labute approximate surface area is 99.8 Å². The lowest BCUT2D eigenvalue weighted by atomic mass is 10.3. The Morgan fingerprint density at radius 3 is 3.12 bits per heavy atom. The summed E-state index contributed by atoms with van der Waals surface area (Å²) >= 11 is 0. The summed E-state index contributed by atoms with van der Waals surface area (Å²) in [5, 5.41) is 12.2.